The van der Waals surface area contributed by atoms with Crippen molar-refractivity contribution in [1.82, 2.24) is 15.0 Å². The minimum absolute atomic E-state index is 0.478. The second kappa shape index (κ2) is 7.52. The molecule has 0 aliphatic heterocycles. The van der Waals surface area contributed by atoms with Gasteiger partial charge in [0.05, 0.1) is 5.52 Å². The van der Waals surface area contributed by atoms with Crippen LogP contribution in [0.2, 0.25) is 0 Å². The first-order chi connectivity index (χ1) is 13.6. The van der Waals surface area contributed by atoms with Gasteiger partial charge in [0.25, 0.3) is 0 Å². The zero-order valence-corrected chi connectivity index (χ0v) is 15.9. The van der Waals surface area contributed by atoms with Crippen molar-refractivity contribution in [3.05, 3.63) is 77.7 Å². The molecule has 2 heterocycles. The van der Waals surface area contributed by atoms with E-state index in [1.54, 1.807) is 0 Å². The SMILES string of the molecule is Cc1ccc(CNc2ncnc(Nc3cccc4nc(C)ccc34)c2N)cc1. The van der Waals surface area contributed by atoms with Gasteiger partial charge in [-0.05, 0) is 43.7 Å². The van der Waals surface area contributed by atoms with E-state index in [0.29, 0.717) is 23.9 Å². The summed E-state index contributed by atoms with van der Waals surface area (Å²) in [7, 11) is 0. The number of anilines is 4. The first-order valence-electron chi connectivity index (χ1n) is 9.13. The Labute approximate surface area is 163 Å². The van der Waals surface area contributed by atoms with Crippen LogP contribution in [0.4, 0.5) is 23.0 Å². The summed E-state index contributed by atoms with van der Waals surface area (Å²) >= 11 is 0. The number of aryl methyl sites for hydroxylation is 2. The van der Waals surface area contributed by atoms with Crippen LogP contribution in [-0.4, -0.2) is 15.0 Å². The number of hydrogen-bond donors (Lipinski definition) is 3. The summed E-state index contributed by atoms with van der Waals surface area (Å²) in [6, 6.07) is 18.3. The standard InChI is InChI=1S/C22H22N6/c1-14-6-9-16(10-7-14)12-24-21-20(23)22(26-13-25-21)28-19-5-3-4-18-17(19)11-8-15(2)27-18/h3-11,13H,12,23H2,1-2H3,(H2,24,25,26,28). The Balaban J connectivity index is 1.58. The van der Waals surface area contributed by atoms with E-state index in [9.17, 15) is 0 Å². The lowest BCUT2D eigenvalue weighted by Crippen LogP contribution is -2.08. The van der Waals surface area contributed by atoms with E-state index in [-0.39, 0.29) is 0 Å². The molecule has 0 spiro atoms. The second-order valence-corrected chi connectivity index (χ2v) is 6.77. The Kier molecular flexibility index (Phi) is 4.76. The number of rotatable bonds is 5. The normalized spacial score (nSPS) is 10.8. The van der Waals surface area contributed by atoms with E-state index in [2.05, 4.69) is 56.8 Å². The molecule has 0 amide bonds. The van der Waals surface area contributed by atoms with Gasteiger partial charge in [0.2, 0.25) is 0 Å². The van der Waals surface area contributed by atoms with Crippen molar-refractivity contribution in [2.24, 2.45) is 0 Å². The molecule has 140 valence electrons. The number of pyridine rings is 1. The van der Waals surface area contributed by atoms with E-state index < -0.39 is 0 Å². The van der Waals surface area contributed by atoms with Gasteiger partial charge in [-0.1, -0.05) is 35.9 Å². The van der Waals surface area contributed by atoms with Crippen LogP contribution in [0.1, 0.15) is 16.8 Å². The molecule has 0 saturated carbocycles. The zero-order valence-electron chi connectivity index (χ0n) is 15.9. The van der Waals surface area contributed by atoms with E-state index in [1.165, 1.54) is 11.9 Å². The topological polar surface area (TPSA) is 88.8 Å². The average Bonchev–Trinajstić information content (AvgIpc) is 2.70. The predicted molar refractivity (Wildman–Crippen MR) is 115 cm³/mol. The van der Waals surface area contributed by atoms with Crippen LogP contribution in [0, 0.1) is 13.8 Å². The first kappa shape index (κ1) is 17.7. The van der Waals surface area contributed by atoms with Crippen molar-refractivity contribution in [1.29, 1.82) is 0 Å². The minimum atomic E-state index is 0.478. The van der Waals surface area contributed by atoms with Crippen LogP contribution in [0.5, 0.6) is 0 Å². The smallest absolute Gasteiger partial charge is 0.159 e. The molecule has 0 aliphatic carbocycles. The van der Waals surface area contributed by atoms with Gasteiger partial charge in [-0.3, -0.25) is 4.98 Å². The molecule has 0 saturated heterocycles. The van der Waals surface area contributed by atoms with Crippen molar-refractivity contribution in [3.63, 3.8) is 0 Å². The van der Waals surface area contributed by atoms with Gasteiger partial charge in [-0.2, -0.15) is 0 Å². The Morgan fingerprint density at radius 2 is 1.68 bits per heavy atom. The molecule has 0 aliphatic rings. The molecule has 4 aromatic rings. The number of aromatic nitrogens is 3. The molecule has 4 N–H and O–H groups in total. The summed E-state index contributed by atoms with van der Waals surface area (Å²) in [4.78, 5) is 13.2. The molecule has 0 atom stereocenters. The van der Waals surface area contributed by atoms with Crippen LogP contribution >= 0.6 is 0 Å². The van der Waals surface area contributed by atoms with Crippen molar-refractivity contribution < 1.29 is 0 Å². The van der Waals surface area contributed by atoms with Crippen LogP contribution < -0.4 is 16.4 Å². The zero-order chi connectivity index (χ0) is 19.5. The molecular formula is C22H22N6. The highest BCUT2D eigenvalue weighted by Crippen LogP contribution is 2.29. The minimum Gasteiger partial charge on any atom is -0.393 e. The molecule has 0 unspecified atom stereocenters. The summed E-state index contributed by atoms with van der Waals surface area (Å²) in [6.07, 6.45) is 1.50. The molecule has 4 rings (SSSR count). The Bertz CT molecular complexity index is 1120. The van der Waals surface area contributed by atoms with Gasteiger partial charge in [-0.15, -0.1) is 0 Å². The molecule has 0 fully saturated rings. The molecule has 2 aromatic carbocycles. The highest BCUT2D eigenvalue weighted by molar-refractivity contribution is 5.94. The van der Waals surface area contributed by atoms with Gasteiger partial charge in [-0.25, -0.2) is 9.97 Å². The highest BCUT2D eigenvalue weighted by Gasteiger charge is 2.10. The van der Waals surface area contributed by atoms with Crippen LogP contribution in [0.25, 0.3) is 10.9 Å². The summed E-state index contributed by atoms with van der Waals surface area (Å²) < 4.78 is 0. The van der Waals surface area contributed by atoms with Crippen molar-refractivity contribution in [3.8, 4) is 0 Å². The quantitative estimate of drug-likeness (QED) is 0.476. The third-order valence-corrected chi connectivity index (χ3v) is 4.59. The Hall–Kier alpha value is -3.67. The molecule has 2 aromatic heterocycles. The average molecular weight is 370 g/mol. The van der Waals surface area contributed by atoms with E-state index in [0.717, 1.165) is 27.8 Å². The molecule has 6 heteroatoms. The van der Waals surface area contributed by atoms with E-state index >= 15 is 0 Å². The first-order valence-corrected chi connectivity index (χ1v) is 9.13. The van der Waals surface area contributed by atoms with Crippen LogP contribution in [0.3, 0.4) is 0 Å². The predicted octanol–water partition coefficient (Wildman–Crippen LogP) is 4.58. The van der Waals surface area contributed by atoms with Gasteiger partial charge >= 0.3 is 0 Å². The lowest BCUT2D eigenvalue weighted by molar-refractivity contribution is 1.08. The Morgan fingerprint density at radius 1 is 0.893 bits per heavy atom. The number of fused-ring (bicyclic) bond motifs is 1. The fourth-order valence-corrected chi connectivity index (χ4v) is 3.02. The highest BCUT2D eigenvalue weighted by atomic mass is 15.1. The second-order valence-electron chi connectivity index (χ2n) is 6.77. The summed E-state index contributed by atoms with van der Waals surface area (Å²) in [6.45, 7) is 4.69. The number of hydrogen-bond acceptors (Lipinski definition) is 6. The summed E-state index contributed by atoms with van der Waals surface area (Å²) in [5.74, 6) is 1.17. The maximum absolute atomic E-state index is 6.32. The largest absolute Gasteiger partial charge is 0.393 e. The van der Waals surface area contributed by atoms with Gasteiger partial charge in [0, 0.05) is 23.3 Å². The molecular weight excluding hydrogens is 348 g/mol. The van der Waals surface area contributed by atoms with E-state index in [4.69, 9.17) is 5.73 Å². The number of benzene rings is 2. The Morgan fingerprint density at radius 3 is 2.50 bits per heavy atom. The maximum atomic E-state index is 6.32. The number of nitrogen functional groups attached to an aromatic ring is 1. The molecule has 0 radical (unpaired) electrons. The molecule has 6 nitrogen and oxygen atoms in total. The fourth-order valence-electron chi connectivity index (χ4n) is 3.02. The van der Waals surface area contributed by atoms with Crippen molar-refractivity contribution in [2.45, 2.75) is 20.4 Å². The van der Waals surface area contributed by atoms with Crippen molar-refractivity contribution in [2.75, 3.05) is 16.4 Å². The number of nitrogens with zero attached hydrogens (tertiary/aromatic N) is 3. The lowest BCUT2D eigenvalue weighted by atomic mass is 10.1. The summed E-state index contributed by atoms with van der Waals surface area (Å²) in [5.41, 5.74) is 12.0. The summed E-state index contributed by atoms with van der Waals surface area (Å²) in [5, 5.41) is 7.63. The third kappa shape index (κ3) is 3.71. The molecule has 28 heavy (non-hydrogen) atoms. The fraction of sp³-hybridized carbons (Fsp3) is 0.136. The number of nitrogens with two attached hydrogens (primary N) is 1. The third-order valence-electron chi connectivity index (χ3n) is 4.59. The van der Waals surface area contributed by atoms with Gasteiger partial charge in [0.15, 0.2) is 11.6 Å². The van der Waals surface area contributed by atoms with Crippen molar-refractivity contribution >= 4 is 33.9 Å². The van der Waals surface area contributed by atoms with Gasteiger partial charge < -0.3 is 16.4 Å². The van der Waals surface area contributed by atoms with Gasteiger partial charge in [0.1, 0.15) is 12.0 Å². The van der Waals surface area contributed by atoms with Crippen LogP contribution in [-0.2, 0) is 6.54 Å². The lowest BCUT2D eigenvalue weighted by Gasteiger charge is -2.14. The van der Waals surface area contributed by atoms with Crippen LogP contribution in [0.15, 0.2) is 60.9 Å². The molecule has 0 bridgehead atoms. The maximum Gasteiger partial charge on any atom is 0.159 e. The monoisotopic (exact) mass is 370 g/mol. The number of nitrogens with one attached hydrogen (secondary N) is 2. The van der Waals surface area contributed by atoms with E-state index in [1.807, 2.05) is 37.3 Å².